The highest BCUT2D eigenvalue weighted by atomic mass is 35.5. The molecule has 1 aromatic heterocycles. The topological polar surface area (TPSA) is 59.4 Å². The molecule has 2 heterocycles. The van der Waals surface area contributed by atoms with E-state index in [4.69, 9.17) is 16.3 Å². The monoisotopic (exact) mass is 384 g/mol. The number of nitrogens with zero attached hydrogens (tertiary/aromatic N) is 3. The van der Waals surface area contributed by atoms with Crippen molar-refractivity contribution >= 4 is 35.6 Å². The Morgan fingerprint density at radius 1 is 1.44 bits per heavy atom. The average Bonchev–Trinajstić information content (AvgIpc) is 3.11. The zero-order chi connectivity index (χ0) is 17.1. The van der Waals surface area contributed by atoms with E-state index in [1.54, 1.807) is 38.4 Å². The summed E-state index contributed by atoms with van der Waals surface area (Å²) < 4.78 is 7.02. The lowest BCUT2D eigenvalue weighted by Gasteiger charge is -2.23. The number of rotatable bonds is 4. The highest BCUT2D eigenvalue weighted by Crippen LogP contribution is 2.29. The van der Waals surface area contributed by atoms with Crippen molar-refractivity contribution in [2.24, 2.45) is 0 Å². The van der Waals surface area contributed by atoms with E-state index in [9.17, 15) is 4.79 Å². The predicted octanol–water partition coefficient (Wildman–Crippen LogP) is 3.17. The quantitative estimate of drug-likeness (QED) is 0.879. The first kappa shape index (κ1) is 19.6. The minimum atomic E-state index is -0.168. The van der Waals surface area contributed by atoms with Crippen molar-refractivity contribution in [3.8, 4) is 5.75 Å². The molecule has 1 N–H and O–H groups in total. The zero-order valence-corrected chi connectivity index (χ0v) is 15.8. The molecule has 1 fully saturated rings. The van der Waals surface area contributed by atoms with Gasteiger partial charge in [-0.15, -0.1) is 12.4 Å². The van der Waals surface area contributed by atoms with Gasteiger partial charge in [-0.2, -0.15) is 5.10 Å². The van der Waals surface area contributed by atoms with Gasteiger partial charge in [0.25, 0.3) is 5.91 Å². The number of halogens is 2. The van der Waals surface area contributed by atoms with Crippen LogP contribution >= 0.6 is 24.0 Å². The lowest BCUT2D eigenvalue weighted by Crippen LogP contribution is -2.32. The Labute approximate surface area is 158 Å². The van der Waals surface area contributed by atoms with Crippen LogP contribution < -0.4 is 15.0 Å². The molecule has 2 aromatic rings. The van der Waals surface area contributed by atoms with E-state index in [-0.39, 0.29) is 18.3 Å². The number of aromatic nitrogens is 2. The molecule has 0 radical (unpaired) electrons. The Kier molecular flexibility index (Phi) is 6.70. The number of amides is 1. The van der Waals surface area contributed by atoms with Crippen LogP contribution in [0, 0.1) is 0 Å². The van der Waals surface area contributed by atoms with Crippen LogP contribution in [0.25, 0.3) is 0 Å². The molecule has 0 aliphatic carbocycles. The van der Waals surface area contributed by atoms with Gasteiger partial charge in [0, 0.05) is 25.5 Å². The third-order valence-corrected chi connectivity index (χ3v) is 4.60. The van der Waals surface area contributed by atoms with E-state index in [1.807, 2.05) is 10.9 Å². The molecule has 25 heavy (non-hydrogen) atoms. The van der Waals surface area contributed by atoms with E-state index < -0.39 is 0 Å². The summed E-state index contributed by atoms with van der Waals surface area (Å²) in [6.45, 7) is 1.93. The second-order valence-corrected chi connectivity index (χ2v) is 6.27. The molecule has 0 spiro atoms. The van der Waals surface area contributed by atoms with E-state index >= 15 is 0 Å². The molecule has 136 valence electrons. The van der Waals surface area contributed by atoms with Crippen molar-refractivity contribution in [2.75, 3.05) is 32.1 Å². The second-order valence-electron chi connectivity index (χ2n) is 5.86. The normalized spacial score (nSPS) is 16.8. The number of benzene rings is 1. The summed E-state index contributed by atoms with van der Waals surface area (Å²) in [4.78, 5) is 14.2. The van der Waals surface area contributed by atoms with E-state index in [2.05, 4.69) is 10.4 Å². The molecule has 1 atom stereocenters. The lowest BCUT2D eigenvalue weighted by molar-refractivity contribution is 0.0987. The Morgan fingerprint density at radius 3 is 2.88 bits per heavy atom. The molecule has 0 bridgehead atoms. The number of carbonyl (C=O) groups is 1. The molecule has 1 aromatic carbocycles. The van der Waals surface area contributed by atoms with Gasteiger partial charge in [-0.05, 0) is 43.7 Å². The van der Waals surface area contributed by atoms with Crippen molar-refractivity contribution < 1.29 is 9.53 Å². The second kappa shape index (κ2) is 8.56. The van der Waals surface area contributed by atoms with Gasteiger partial charge in [-0.1, -0.05) is 11.6 Å². The summed E-state index contributed by atoms with van der Waals surface area (Å²) >= 11 is 6.14. The molecule has 1 aliphatic rings. The van der Waals surface area contributed by atoms with Crippen LogP contribution in [0.4, 0.5) is 5.69 Å². The first-order valence-electron chi connectivity index (χ1n) is 7.97. The maximum Gasteiger partial charge on any atom is 0.278 e. The largest absolute Gasteiger partial charge is 0.495 e. The number of carbonyl (C=O) groups excluding carboxylic acids is 1. The third kappa shape index (κ3) is 4.26. The SMILES string of the molecule is COc1ccc(N(C)C(=O)c2ccn(C3CCCNC3)n2)cc1Cl.Cl. The zero-order valence-electron chi connectivity index (χ0n) is 14.2. The smallest absolute Gasteiger partial charge is 0.278 e. The molecule has 3 rings (SSSR count). The molecule has 1 aliphatic heterocycles. The Morgan fingerprint density at radius 2 is 2.24 bits per heavy atom. The van der Waals surface area contributed by atoms with Crippen molar-refractivity contribution in [3.63, 3.8) is 0 Å². The summed E-state index contributed by atoms with van der Waals surface area (Å²) in [5.41, 5.74) is 1.12. The van der Waals surface area contributed by atoms with Crippen LogP contribution in [0.2, 0.25) is 5.02 Å². The van der Waals surface area contributed by atoms with E-state index in [1.165, 1.54) is 4.90 Å². The van der Waals surface area contributed by atoms with Crippen LogP contribution in [-0.4, -0.2) is 42.9 Å². The Balaban J connectivity index is 0.00000225. The van der Waals surface area contributed by atoms with Gasteiger partial charge in [0.15, 0.2) is 5.69 Å². The first-order chi connectivity index (χ1) is 11.6. The van der Waals surface area contributed by atoms with Crippen LogP contribution in [0.15, 0.2) is 30.5 Å². The van der Waals surface area contributed by atoms with Crippen molar-refractivity contribution in [3.05, 3.63) is 41.2 Å². The van der Waals surface area contributed by atoms with E-state index in [0.29, 0.717) is 28.2 Å². The number of nitrogens with one attached hydrogen (secondary N) is 1. The molecule has 1 unspecified atom stereocenters. The van der Waals surface area contributed by atoms with Crippen molar-refractivity contribution in [2.45, 2.75) is 18.9 Å². The Bertz CT molecular complexity index is 729. The Hall–Kier alpha value is -1.76. The number of methoxy groups -OCH3 is 1. The van der Waals surface area contributed by atoms with Crippen molar-refractivity contribution in [1.82, 2.24) is 15.1 Å². The summed E-state index contributed by atoms with van der Waals surface area (Å²) in [5, 5.41) is 8.29. The van der Waals surface area contributed by atoms with Crippen LogP contribution in [-0.2, 0) is 0 Å². The molecular weight excluding hydrogens is 363 g/mol. The molecule has 6 nitrogen and oxygen atoms in total. The number of hydrogen-bond donors (Lipinski definition) is 1. The van der Waals surface area contributed by atoms with Gasteiger partial charge < -0.3 is 15.0 Å². The molecule has 0 saturated carbocycles. The van der Waals surface area contributed by atoms with E-state index in [0.717, 1.165) is 25.9 Å². The fourth-order valence-corrected chi connectivity index (χ4v) is 3.12. The molecule has 1 saturated heterocycles. The minimum Gasteiger partial charge on any atom is -0.495 e. The van der Waals surface area contributed by atoms with Gasteiger partial charge >= 0.3 is 0 Å². The summed E-state index contributed by atoms with van der Waals surface area (Å²) in [6, 6.07) is 7.32. The predicted molar refractivity (Wildman–Crippen MR) is 101 cm³/mol. The summed E-state index contributed by atoms with van der Waals surface area (Å²) in [6.07, 6.45) is 4.07. The van der Waals surface area contributed by atoms with Gasteiger partial charge in [0.05, 0.1) is 18.2 Å². The van der Waals surface area contributed by atoms with Crippen LogP contribution in [0.1, 0.15) is 29.4 Å². The molecular formula is C17H22Cl2N4O2. The first-order valence-corrected chi connectivity index (χ1v) is 8.35. The van der Waals surface area contributed by atoms with Crippen LogP contribution in [0.3, 0.4) is 0 Å². The highest BCUT2D eigenvalue weighted by molar-refractivity contribution is 6.32. The van der Waals surface area contributed by atoms with Gasteiger partial charge in [-0.25, -0.2) is 0 Å². The summed E-state index contributed by atoms with van der Waals surface area (Å²) in [7, 11) is 3.27. The van der Waals surface area contributed by atoms with Gasteiger partial charge in [0.1, 0.15) is 5.75 Å². The fraction of sp³-hybridized carbons (Fsp3) is 0.412. The standard InChI is InChI=1S/C17H21ClN4O2.ClH/c1-21(12-5-6-16(24-2)14(18)10-12)17(23)15-7-9-22(20-15)13-4-3-8-19-11-13;/h5-7,9-10,13,19H,3-4,8,11H2,1-2H3;1H. The number of ether oxygens (including phenoxy) is 1. The van der Waals surface area contributed by atoms with Gasteiger partial charge in [0.2, 0.25) is 0 Å². The fourth-order valence-electron chi connectivity index (χ4n) is 2.87. The lowest BCUT2D eigenvalue weighted by atomic mass is 10.1. The minimum absolute atomic E-state index is 0. The number of piperidine rings is 1. The summed E-state index contributed by atoms with van der Waals surface area (Å²) in [5.74, 6) is 0.411. The molecule has 1 amide bonds. The number of anilines is 1. The number of hydrogen-bond acceptors (Lipinski definition) is 4. The molecule has 8 heteroatoms. The van der Waals surface area contributed by atoms with Crippen LogP contribution in [0.5, 0.6) is 5.75 Å². The highest BCUT2D eigenvalue weighted by Gasteiger charge is 2.20. The van der Waals surface area contributed by atoms with Crippen molar-refractivity contribution in [1.29, 1.82) is 0 Å². The average molecular weight is 385 g/mol. The van der Waals surface area contributed by atoms with Gasteiger partial charge in [-0.3, -0.25) is 9.48 Å². The maximum absolute atomic E-state index is 12.7. The third-order valence-electron chi connectivity index (χ3n) is 4.30. The maximum atomic E-state index is 12.7.